The van der Waals surface area contributed by atoms with Crippen LogP contribution in [0.15, 0.2) is 41.5 Å². The highest BCUT2D eigenvalue weighted by molar-refractivity contribution is 5.80. The van der Waals surface area contributed by atoms with Crippen LogP contribution in [0.1, 0.15) is 37.4 Å². The highest BCUT2D eigenvalue weighted by atomic mass is 15.3. The number of aryl methyl sites for hydroxylation is 2. The minimum Gasteiger partial charge on any atom is -0.357 e. The number of guanidine groups is 1. The molecule has 2 heterocycles. The van der Waals surface area contributed by atoms with Gasteiger partial charge in [-0.2, -0.15) is 5.10 Å². The van der Waals surface area contributed by atoms with Gasteiger partial charge in [0.15, 0.2) is 5.96 Å². The van der Waals surface area contributed by atoms with E-state index in [0.717, 1.165) is 56.4 Å². The topological polar surface area (TPSA) is 45.5 Å². The molecular weight excluding hydrogens is 310 g/mol. The maximum absolute atomic E-state index is 4.81. The lowest BCUT2D eigenvalue weighted by Gasteiger charge is -2.20. The van der Waals surface area contributed by atoms with E-state index in [1.807, 2.05) is 22.9 Å². The van der Waals surface area contributed by atoms with Crippen molar-refractivity contribution in [1.82, 2.24) is 20.0 Å². The van der Waals surface area contributed by atoms with Gasteiger partial charge in [0, 0.05) is 32.4 Å². The predicted octanol–water partition coefficient (Wildman–Crippen LogP) is 3.17. The van der Waals surface area contributed by atoms with Crippen molar-refractivity contribution >= 4 is 5.96 Å². The Morgan fingerprint density at radius 3 is 2.68 bits per heavy atom. The van der Waals surface area contributed by atoms with Crippen molar-refractivity contribution in [3.8, 4) is 5.69 Å². The van der Waals surface area contributed by atoms with Crippen molar-refractivity contribution in [2.24, 2.45) is 4.99 Å². The SMILES string of the molecule is CCNC(=NCCCc1cn(-c2ccccc2)nc1C)N1CCCC1. The van der Waals surface area contributed by atoms with E-state index in [4.69, 9.17) is 4.99 Å². The van der Waals surface area contributed by atoms with Gasteiger partial charge >= 0.3 is 0 Å². The van der Waals surface area contributed by atoms with Crippen molar-refractivity contribution in [1.29, 1.82) is 0 Å². The van der Waals surface area contributed by atoms with E-state index < -0.39 is 0 Å². The van der Waals surface area contributed by atoms with Gasteiger partial charge in [-0.3, -0.25) is 4.99 Å². The van der Waals surface area contributed by atoms with Crippen molar-refractivity contribution in [2.75, 3.05) is 26.2 Å². The number of nitrogens with one attached hydrogen (secondary N) is 1. The molecule has 2 aromatic rings. The molecule has 1 aromatic carbocycles. The summed E-state index contributed by atoms with van der Waals surface area (Å²) in [5.41, 5.74) is 3.53. The quantitative estimate of drug-likeness (QED) is 0.499. The maximum Gasteiger partial charge on any atom is 0.193 e. The lowest BCUT2D eigenvalue weighted by Crippen LogP contribution is -2.39. The summed E-state index contributed by atoms with van der Waals surface area (Å²) >= 11 is 0. The smallest absolute Gasteiger partial charge is 0.193 e. The number of benzene rings is 1. The Kier molecular flexibility index (Phi) is 6.09. The molecule has 3 rings (SSSR count). The van der Waals surface area contributed by atoms with Crippen LogP contribution < -0.4 is 5.32 Å². The van der Waals surface area contributed by atoms with Crippen LogP contribution in [-0.2, 0) is 6.42 Å². The van der Waals surface area contributed by atoms with Gasteiger partial charge in [-0.15, -0.1) is 0 Å². The number of nitrogens with zero attached hydrogens (tertiary/aromatic N) is 4. The molecule has 1 aliphatic heterocycles. The molecule has 5 nitrogen and oxygen atoms in total. The van der Waals surface area contributed by atoms with Gasteiger partial charge < -0.3 is 10.2 Å². The lowest BCUT2D eigenvalue weighted by molar-refractivity contribution is 0.493. The van der Waals surface area contributed by atoms with Crippen LogP contribution in [0.4, 0.5) is 0 Å². The normalized spacial score (nSPS) is 15.0. The lowest BCUT2D eigenvalue weighted by atomic mass is 10.1. The fourth-order valence-corrected chi connectivity index (χ4v) is 3.26. The molecular formula is C20H29N5. The van der Waals surface area contributed by atoms with E-state index in [-0.39, 0.29) is 0 Å². The Morgan fingerprint density at radius 2 is 1.96 bits per heavy atom. The zero-order valence-electron chi connectivity index (χ0n) is 15.4. The van der Waals surface area contributed by atoms with E-state index in [0.29, 0.717) is 0 Å². The minimum absolute atomic E-state index is 0.856. The number of para-hydroxylation sites is 1. The average Bonchev–Trinajstić information content (AvgIpc) is 3.29. The zero-order chi connectivity index (χ0) is 17.5. The van der Waals surface area contributed by atoms with Gasteiger partial charge in [0.1, 0.15) is 0 Å². The predicted molar refractivity (Wildman–Crippen MR) is 103 cm³/mol. The molecule has 1 fully saturated rings. The Hall–Kier alpha value is -2.30. The van der Waals surface area contributed by atoms with Gasteiger partial charge in [-0.1, -0.05) is 18.2 Å². The van der Waals surface area contributed by atoms with Gasteiger partial charge in [0.25, 0.3) is 0 Å². The molecule has 25 heavy (non-hydrogen) atoms. The molecule has 0 spiro atoms. The molecule has 1 aliphatic rings. The monoisotopic (exact) mass is 339 g/mol. The second-order valence-electron chi connectivity index (χ2n) is 6.55. The number of hydrogen-bond donors (Lipinski definition) is 1. The van der Waals surface area contributed by atoms with Gasteiger partial charge in [-0.05, 0) is 57.2 Å². The average molecular weight is 339 g/mol. The largest absolute Gasteiger partial charge is 0.357 e. The summed E-state index contributed by atoms with van der Waals surface area (Å²) in [4.78, 5) is 7.19. The first-order chi connectivity index (χ1) is 12.3. The molecule has 0 atom stereocenters. The molecule has 1 N–H and O–H groups in total. The zero-order valence-corrected chi connectivity index (χ0v) is 15.4. The fourth-order valence-electron chi connectivity index (χ4n) is 3.26. The summed E-state index contributed by atoms with van der Waals surface area (Å²) in [5.74, 6) is 1.08. The van der Waals surface area contributed by atoms with Crippen molar-refractivity contribution in [3.05, 3.63) is 47.8 Å². The van der Waals surface area contributed by atoms with E-state index in [1.54, 1.807) is 0 Å². The van der Waals surface area contributed by atoms with Crippen LogP contribution >= 0.6 is 0 Å². The molecule has 0 unspecified atom stereocenters. The summed E-state index contributed by atoms with van der Waals surface area (Å²) in [6.45, 7) is 8.27. The summed E-state index contributed by atoms with van der Waals surface area (Å²) in [6, 6.07) is 10.3. The molecule has 0 saturated carbocycles. The van der Waals surface area contributed by atoms with Crippen LogP contribution in [0.5, 0.6) is 0 Å². The van der Waals surface area contributed by atoms with Crippen LogP contribution in [0.2, 0.25) is 0 Å². The standard InChI is InChI=1S/C20H29N5/c1-3-21-20(24-14-7-8-15-24)22-13-9-10-18-16-25(23-17(18)2)19-11-5-4-6-12-19/h4-6,11-12,16H,3,7-10,13-15H2,1-2H3,(H,21,22). The van der Waals surface area contributed by atoms with E-state index >= 15 is 0 Å². The maximum atomic E-state index is 4.81. The van der Waals surface area contributed by atoms with Crippen LogP contribution in [0, 0.1) is 6.92 Å². The highest BCUT2D eigenvalue weighted by Gasteiger charge is 2.15. The molecule has 134 valence electrons. The van der Waals surface area contributed by atoms with Crippen LogP contribution in [0.25, 0.3) is 5.69 Å². The van der Waals surface area contributed by atoms with Gasteiger partial charge in [0.05, 0.1) is 11.4 Å². The third-order valence-electron chi connectivity index (χ3n) is 4.63. The van der Waals surface area contributed by atoms with E-state index in [1.165, 1.54) is 18.4 Å². The molecule has 1 aromatic heterocycles. The fraction of sp³-hybridized carbons (Fsp3) is 0.500. The summed E-state index contributed by atoms with van der Waals surface area (Å²) in [6.07, 6.45) is 6.77. The summed E-state index contributed by atoms with van der Waals surface area (Å²) < 4.78 is 1.97. The number of rotatable bonds is 6. The number of aromatic nitrogens is 2. The van der Waals surface area contributed by atoms with Crippen molar-refractivity contribution in [2.45, 2.75) is 39.5 Å². The third kappa shape index (κ3) is 4.62. The second-order valence-corrected chi connectivity index (χ2v) is 6.55. The number of hydrogen-bond acceptors (Lipinski definition) is 2. The first-order valence-corrected chi connectivity index (χ1v) is 9.41. The third-order valence-corrected chi connectivity index (χ3v) is 4.63. The molecule has 0 aliphatic carbocycles. The Morgan fingerprint density at radius 1 is 1.20 bits per heavy atom. The summed E-state index contributed by atoms with van der Waals surface area (Å²) in [7, 11) is 0. The molecule has 0 amide bonds. The molecule has 0 radical (unpaired) electrons. The van der Waals surface area contributed by atoms with Gasteiger partial charge in [-0.25, -0.2) is 4.68 Å². The van der Waals surface area contributed by atoms with Crippen molar-refractivity contribution in [3.63, 3.8) is 0 Å². The van der Waals surface area contributed by atoms with Crippen molar-refractivity contribution < 1.29 is 0 Å². The molecule has 0 bridgehead atoms. The first-order valence-electron chi connectivity index (χ1n) is 9.41. The number of likely N-dealkylation sites (tertiary alicyclic amines) is 1. The van der Waals surface area contributed by atoms with Gasteiger partial charge in [0.2, 0.25) is 0 Å². The summed E-state index contributed by atoms with van der Waals surface area (Å²) in [5, 5.41) is 8.07. The van der Waals surface area contributed by atoms with E-state index in [2.05, 4.69) is 47.5 Å². The van der Waals surface area contributed by atoms with E-state index in [9.17, 15) is 0 Å². The molecule has 5 heteroatoms. The molecule has 1 saturated heterocycles. The Balaban J connectivity index is 1.56. The van der Waals surface area contributed by atoms with Crippen LogP contribution in [0.3, 0.4) is 0 Å². The van der Waals surface area contributed by atoms with Crippen LogP contribution in [-0.4, -0.2) is 46.8 Å². The number of aliphatic imine (C=N–C) groups is 1. The first kappa shape index (κ1) is 17.5. The Labute approximate surface area is 150 Å². The Bertz CT molecular complexity index is 683. The second kappa shape index (κ2) is 8.70. The highest BCUT2D eigenvalue weighted by Crippen LogP contribution is 2.13. The minimum atomic E-state index is 0.856.